The number of thiocarbonyl (C=S) groups is 1. The predicted molar refractivity (Wildman–Crippen MR) is 124 cm³/mol. The van der Waals surface area contributed by atoms with Crippen LogP contribution >= 0.6 is 12.2 Å². The third kappa shape index (κ3) is 4.32. The smallest absolute Gasteiger partial charge is 0.251 e. The zero-order valence-electron chi connectivity index (χ0n) is 17.8. The van der Waals surface area contributed by atoms with E-state index in [1.807, 2.05) is 76.5 Å². The minimum absolute atomic E-state index is 0.163. The van der Waals surface area contributed by atoms with Crippen molar-refractivity contribution in [3.63, 3.8) is 0 Å². The molecule has 2 aromatic rings. The molecule has 2 aromatic carbocycles. The molecule has 0 aliphatic carbocycles. The first-order valence-corrected chi connectivity index (χ1v) is 10.4. The van der Waals surface area contributed by atoms with Gasteiger partial charge in [0.15, 0.2) is 11.0 Å². The summed E-state index contributed by atoms with van der Waals surface area (Å²) in [4.78, 5) is 35.3. The Bertz CT molecular complexity index is 935. The molecule has 0 radical (unpaired) electrons. The van der Waals surface area contributed by atoms with E-state index in [4.69, 9.17) is 12.2 Å². The molecule has 6 nitrogen and oxygen atoms in total. The third-order valence-corrected chi connectivity index (χ3v) is 5.43. The second-order valence-electron chi connectivity index (χ2n) is 7.69. The predicted octanol–water partition coefficient (Wildman–Crippen LogP) is 1.80. The number of carbonyl (C=O) groups excluding carboxylic acids is 2. The van der Waals surface area contributed by atoms with Gasteiger partial charge in [-0.05, 0) is 49.3 Å². The maximum atomic E-state index is 13.4. The summed E-state index contributed by atoms with van der Waals surface area (Å²) < 4.78 is 0. The number of aliphatic imine (C=N–C) groups is 1. The number of rotatable bonds is 6. The molecule has 7 heteroatoms. The first-order valence-electron chi connectivity index (χ1n) is 9.95. The highest BCUT2D eigenvalue weighted by Gasteiger charge is 2.45. The number of carbonyl (C=O) groups is 2. The molecular weight excluding hydrogens is 396 g/mol. The van der Waals surface area contributed by atoms with Gasteiger partial charge in [0.2, 0.25) is 0 Å². The van der Waals surface area contributed by atoms with Gasteiger partial charge in [-0.3, -0.25) is 24.4 Å². The zero-order valence-corrected chi connectivity index (χ0v) is 18.6. The number of likely N-dealkylation sites (N-methyl/N-ethyl adjacent to an activating group) is 1. The van der Waals surface area contributed by atoms with E-state index in [9.17, 15) is 9.59 Å². The summed E-state index contributed by atoms with van der Waals surface area (Å²) in [6.45, 7) is 5.19. The highest BCUT2D eigenvalue weighted by atomic mass is 32.1. The maximum Gasteiger partial charge on any atom is 0.251 e. The van der Waals surface area contributed by atoms with E-state index in [-0.39, 0.29) is 16.9 Å². The van der Waals surface area contributed by atoms with Crippen molar-refractivity contribution in [2.75, 3.05) is 37.0 Å². The fraction of sp³-hybridized carbons (Fsp3) is 0.304. The van der Waals surface area contributed by atoms with Crippen LogP contribution in [0.1, 0.15) is 11.1 Å². The largest absolute Gasteiger partial charge is 0.338 e. The van der Waals surface area contributed by atoms with Crippen molar-refractivity contribution in [1.29, 1.82) is 0 Å². The molecule has 0 unspecified atom stereocenters. The monoisotopic (exact) mass is 423 g/mol. The van der Waals surface area contributed by atoms with E-state index in [0.29, 0.717) is 17.9 Å². The van der Waals surface area contributed by atoms with Gasteiger partial charge < -0.3 is 4.90 Å². The van der Waals surface area contributed by atoms with Crippen LogP contribution in [0.3, 0.4) is 0 Å². The molecule has 0 spiro atoms. The minimum atomic E-state index is -1.02. The van der Waals surface area contributed by atoms with Crippen molar-refractivity contribution < 1.29 is 14.5 Å². The molecule has 0 bridgehead atoms. The molecule has 1 fully saturated rings. The van der Waals surface area contributed by atoms with Crippen LogP contribution in [0.15, 0.2) is 53.5 Å². The molecule has 30 heavy (non-hydrogen) atoms. The van der Waals surface area contributed by atoms with Gasteiger partial charge in [0, 0.05) is 6.21 Å². The Kier molecular flexibility index (Phi) is 6.74. The van der Waals surface area contributed by atoms with Gasteiger partial charge in [-0.2, -0.15) is 0 Å². The lowest BCUT2D eigenvalue weighted by atomic mass is 10.0. The van der Waals surface area contributed by atoms with Crippen LogP contribution in [0.5, 0.6) is 0 Å². The van der Waals surface area contributed by atoms with Crippen LogP contribution in [0.25, 0.3) is 0 Å². The summed E-state index contributed by atoms with van der Waals surface area (Å²) in [5, 5.41) is 0.163. The number of anilines is 2. The average Bonchev–Trinajstić information content (AvgIpc) is 2.70. The van der Waals surface area contributed by atoms with Gasteiger partial charge in [0.1, 0.15) is 0 Å². The zero-order chi connectivity index (χ0) is 21.8. The lowest BCUT2D eigenvalue weighted by molar-refractivity contribution is -0.856. The van der Waals surface area contributed by atoms with Gasteiger partial charge in [0.25, 0.3) is 11.8 Å². The first-order chi connectivity index (χ1) is 14.3. The molecule has 0 atom stereocenters. The van der Waals surface area contributed by atoms with E-state index in [1.54, 1.807) is 0 Å². The van der Waals surface area contributed by atoms with Crippen molar-refractivity contribution in [1.82, 2.24) is 0 Å². The number of nitrogens with one attached hydrogen (secondary N) is 1. The quantitative estimate of drug-likeness (QED) is 0.438. The summed E-state index contributed by atoms with van der Waals surface area (Å²) in [5.41, 5.74) is 3.16. The highest BCUT2D eigenvalue weighted by Crippen LogP contribution is 2.31. The SMILES string of the molecule is Cc1ccccc1N1C(=O)C(C=NCC[NH+](C)C)C(=O)N(c2ccccc2C)C1=S. The van der Waals surface area contributed by atoms with E-state index < -0.39 is 5.92 Å². The van der Waals surface area contributed by atoms with E-state index in [2.05, 4.69) is 4.99 Å². The van der Waals surface area contributed by atoms with Crippen LogP contribution in [-0.2, 0) is 9.59 Å². The number of benzene rings is 2. The lowest BCUT2D eigenvalue weighted by Crippen LogP contribution is -3.06. The number of hydrogen-bond acceptors (Lipinski definition) is 4. The fourth-order valence-corrected chi connectivity index (χ4v) is 3.72. The van der Waals surface area contributed by atoms with Crippen LogP contribution in [0, 0.1) is 19.8 Å². The lowest BCUT2D eigenvalue weighted by Gasteiger charge is -2.39. The molecular formula is C23H27N4O2S+. The summed E-state index contributed by atoms with van der Waals surface area (Å²) >= 11 is 5.67. The Morgan fingerprint density at radius 3 is 1.83 bits per heavy atom. The molecule has 1 aliphatic rings. The summed E-state index contributed by atoms with van der Waals surface area (Å²) in [7, 11) is 4.06. The van der Waals surface area contributed by atoms with Gasteiger partial charge >= 0.3 is 0 Å². The topological polar surface area (TPSA) is 57.4 Å². The Morgan fingerprint density at radius 2 is 1.40 bits per heavy atom. The average molecular weight is 424 g/mol. The van der Waals surface area contributed by atoms with Crippen LogP contribution in [0.2, 0.25) is 0 Å². The second kappa shape index (κ2) is 9.28. The molecule has 1 heterocycles. The van der Waals surface area contributed by atoms with E-state index in [0.717, 1.165) is 17.7 Å². The van der Waals surface area contributed by atoms with Crippen molar-refractivity contribution in [3.05, 3.63) is 59.7 Å². The Balaban J connectivity index is 2.06. The van der Waals surface area contributed by atoms with Crippen molar-refractivity contribution in [2.24, 2.45) is 10.9 Å². The third-order valence-electron chi connectivity index (χ3n) is 5.06. The first kappa shape index (κ1) is 21.8. The molecule has 1 saturated heterocycles. The van der Waals surface area contributed by atoms with Crippen LogP contribution in [-0.4, -0.2) is 50.3 Å². The van der Waals surface area contributed by atoms with Crippen molar-refractivity contribution in [2.45, 2.75) is 13.8 Å². The number of hydrogen-bond donors (Lipinski definition) is 1. The number of aryl methyl sites for hydroxylation is 2. The Labute approximate surface area is 182 Å². The van der Waals surface area contributed by atoms with E-state index >= 15 is 0 Å². The number of para-hydroxylation sites is 2. The van der Waals surface area contributed by atoms with Crippen molar-refractivity contribution >= 4 is 46.7 Å². The second-order valence-corrected chi connectivity index (χ2v) is 8.06. The number of amides is 2. The maximum absolute atomic E-state index is 13.4. The van der Waals surface area contributed by atoms with Crippen LogP contribution < -0.4 is 14.7 Å². The molecule has 3 rings (SSSR count). The number of nitrogens with zero attached hydrogens (tertiary/aromatic N) is 3. The fourth-order valence-electron chi connectivity index (χ4n) is 3.34. The summed E-state index contributed by atoms with van der Waals surface area (Å²) in [6.07, 6.45) is 1.48. The van der Waals surface area contributed by atoms with Gasteiger partial charge in [0.05, 0.1) is 38.6 Å². The molecule has 2 amide bonds. The van der Waals surface area contributed by atoms with Crippen LogP contribution in [0.4, 0.5) is 11.4 Å². The highest BCUT2D eigenvalue weighted by molar-refractivity contribution is 7.81. The van der Waals surface area contributed by atoms with Crippen molar-refractivity contribution in [3.8, 4) is 0 Å². The Hall–Kier alpha value is -2.90. The molecule has 156 valence electrons. The minimum Gasteiger partial charge on any atom is -0.338 e. The summed E-state index contributed by atoms with van der Waals surface area (Å²) in [6, 6.07) is 15.0. The van der Waals surface area contributed by atoms with Gasteiger partial charge in [-0.15, -0.1) is 0 Å². The van der Waals surface area contributed by atoms with Gasteiger partial charge in [-0.1, -0.05) is 36.4 Å². The van der Waals surface area contributed by atoms with E-state index in [1.165, 1.54) is 20.9 Å². The molecule has 0 aromatic heterocycles. The summed E-state index contributed by atoms with van der Waals surface area (Å²) in [5.74, 6) is -1.76. The standard InChI is InChI=1S/C23H26N4O2S/c1-16-9-5-7-11-19(16)26-21(28)18(15-24-13-14-25(3)4)22(29)27(23(26)30)20-12-8-6-10-17(20)2/h5-12,15,18H,13-14H2,1-4H3/p+1. The molecule has 1 N–H and O–H groups in total. The Morgan fingerprint density at radius 1 is 0.933 bits per heavy atom. The normalized spacial score (nSPS) is 15.7. The molecule has 0 saturated carbocycles. The molecule has 1 aliphatic heterocycles. The van der Waals surface area contributed by atoms with Gasteiger partial charge in [-0.25, -0.2) is 0 Å². The number of quaternary nitrogens is 1.